The van der Waals surface area contributed by atoms with Crippen LogP contribution >= 0.6 is 15.9 Å². The molecule has 8 heteroatoms. The van der Waals surface area contributed by atoms with E-state index in [1.54, 1.807) is 18.2 Å². The number of nitrogens with zero attached hydrogens (tertiary/aromatic N) is 1. The number of anilines is 1. The van der Waals surface area contributed by atoms with E-state index in [1.165, 1.54) is 19.2 Å². The van der Waals surface area contributed by atoms with Crippen LogP contribution in [0, 0.1) is 0 Å². The number of ether oxygens (including phenoxy) is 1. The molecule has 0 unspecified atom stereocenters. The van der Waals surface area contributed by atoms with Gasteiger partial charge in [-0.3, -0.25) is 0 Å². The Kier molecular flexibility index (Phi) is 6.11. The van der Waals surface area contributed by atoms with Gasteiger partial charge in [0.05, 0.1) is 17.6 Å². The summed E-state index contributed by atoms with van der Waals surface area (Å²) in [4.78, 5) is 4.47. The number of rotatable bonds is 7. The highest BCUT2D eigenvalue weighted by Crippen LogP contribution is 2.35. The van der Waals surface area contributed by atoms with Crippen molar-refractivity contribution in [2.75, 3.05) is 12.4 Å². The molecule has 0 spiro atoms. The van der Waals surface area contributed by atoms with E-state index in [0.29, 0.717) is 17.9 Å². The largest absolute Gasteiger partial charge is 0.497 e. The minimum absolute atomic E-state index is 0.0884. The van der Waals surface area contributed by atoms with Crippen LogP contribution in [0.2, 0.25) is 0 Å². The quantitative estimate of drug-likeness (QED) is 0.359. The summed E-state index contributed by atoms with van der Waals surface area (Å²) in [5, 5.41) is 2.92. The number of methoxy groups -OCH3 is 1. The Morgan fingerprint density at radius 3 is 2.32 bits per heavy atom. The molecule has 1 aromatic heterocycles. The molecule has 1 N–H and O–H groups in total. The lowest BCUT2D eigenvalue weighted by atomic mass is 10.2. The van der Waals surface area contributed by atoms with E-state index >= 15 is 0 Å². The minimum Gasteiger partial charge on any atom is -0.497 e. The smallest absolute Gasteiger partial charge is 0.234 e. The van der Waals surface area contributed by atoms with Crippen LogP contribution in [0.25, 0.3) is 11.5 Å². The van der Waals surface area contributed by atoms with Gasteiger partial charge in [-0.05, 0) is 57.9 Å². The molecule has 0 radical (unpaired) electrons. The van der Waals surface area contributed by atoms with Crippen LogP contribution in [0.4, 0.5) is 5.88 Å². The van der Waals surface area contributed by atoms with E-state index in [1.807, 2.05) is 48.5 Å². The number of benzene rings is 3. The summed E-state index contributed by atoms with van der Waals surface area (Å²) in [5.74, 6) is 0.857. The van der Waals surface area contributed by atoms with Gasteiger partial charge >= 0.3 is 0 Å². The summed E-state index contributed by atoms with van der Waals surface area (Å²) in [6, 6.07) is 23.1. The van der Waals surface area contributed by atoms with Gasteiger partial charge < -0.3 is 14.5 Å². The van der Waals surface area contributed by atoms with Crippen LogP contribution in [-0.4, -0.2) is 20.5 Å². The van der Waals surface area contributed by atoms with Crippen LogP contribution in [0.15, 0.2) is 97.7 Å². The number of hydrogen-bond acceptors (Lipinski definition) is 6. The fourth-order valence-corrected chi connectivity index (χ4v) is 4.73. The average Bonchev–Trinajstić information content (AvgIpc) is 3.23. The average molecular weight is 499 g/mol. The molecule has 158 valence electrons. The van der Waals surface area contributed by atoms with Gasteiger partial charge in [-0.1, -0.05) is 42.5 Å². The molecule has 0 saturated carbocycles. The van der Waals surface area contributed by atoms with Crippen molar-refractivity contribution in [2.24, 2.45) is 0 Å². The van der Waals surface area contributed by atoms with Crippen molar-refractivity contribution in [3.8, 4) is 17.2 Å². The van der Waals surface area contributed by atoms with E-state index in [0.717, 1.165) is 10.0 Å². The van der Waals surface area contributed by atoms with E-state index in [-0.39, 0.29) is 21.7 Å². The number of oxazole rings is 1. The maximum absolute atomic E-state index is 13.4. The molecule has 6 nitrogen and oxygen atoms in total. The topological polar surface area (TPSA) is 81.4 Å². The molecule has 1 heterocycles. The number of hydrogen-bond donors (Lipinski definition) is 1. The highest BCUT2D eigenvalue weighted by atomic mass is 79.9. The molecule has 0 amide bonds. The normalized spacial score (nSPS) is 11.3. The third kappa shape index (κ3) is 4.50. The third-order valence-corrected chi connectivity index (χ3v) is 6.99. The van der Waals surface area contributed by atoms with Gasteiger partial charge in [0.15, 0.2) is 0 Å². The third-order valence-electron chi connectivity index (χ3n) is 4.62. The lowest BCUT2D eigenvalue weighted by molar-refractivity contribution is 0.414. The lowest BCUT2D eigenvalue weighted by Crippen LogP contribution is -2.07. The first-order valence-corrected chi connectivity index (χ1v) is 11.7. The molecule has 0 fully saturated rings. The Balaban J connectivity index is 1.77. The van der Waals surface area contributed by atoms with E-state index in [4.69, 9.17) is 9.15 Å². The SMILES string of the molecule is COc1ccc(S(=O)(=O)c2nc(-c3ccccc3Br)oc2NCc2ccccc2)cc1. The Labute approximate surface area is 189 Å². The number of aromatic nitrogens is 1. The van der Waals surface area contributed by atoms with Crippen LogP contribution in [0.3, 0.4) is 0 Å². The standard InChI is InChI=1S/C23H19BrN2O4S/c1-29-17-11-13-18(14-12-17)31(27,28)23-22(25-15-16-7-3-2-4-8-16)30-21(26-23)19-9-5-6-10-20(19)24/h2-14,25H,15H2,1H3. The van der Waals surface area contributed by atoms with Crippen molar-refractivity contribution >= 4 is 31.7 Å². The second kappa shape index (κ2) is 8.95. The number of halogens is 1. The number of sulfone groups is 1. The first-order chi connectivity index (χ1) is 15.0. The molecule has 3 aromatic carbocycles. The summed E-state index contributed by atoms with van der Waals surface area (Å²) in [7, 11) is -2.41. The summed E-state index contributed by atoms with van der Waals surface area (Å²) in [5.41, 5.74) is 1.63. The van der Waals surface area contributed by atoms with Crippen LogP contribution in [0.1, 0.15) is 5.56 Å². The molecular weight excluding hydrogens is 480 g/mol. The zero-order valence-electron chi connectivity index (χ0n) is 16.6. The van der Waals surface area contributed by atoms with Crippen LogP contribution in [-0.2, 0) is 16.4 Å². The fraction of sp³-hybridized carbons (Fsp3) is 0.0870. The highest BCUT2D eigenvalue weighted by Gasteiger charge is 2.29. The highest BCUT2D eigenvalue weighted by molar-refractivity contribution is 9.10. The summed E-state index contributed by atoms with van der Waals surface area (Å²) in [6.07, 6.45) is 0. The zero-order valence-corrected chi connectivity index (χ0v) is 19.0. The van der Waals surface area contributed by atoms with Crippen molar-refractivity contribution in [1.29, 1.82) is 0 Å². The van der Waals surface area contributed by atoms with Gasteiger partial charge in [-0.15, -0.1) is 0 Å². The molecule has 0 aliphatic carbocycles. The maximum atomic E-state index is 13.4. The Bertz CT molecular complexity index is 1290. The van der Waals surface area contributed by atoms with Gasteiger partial charge in [0.25, 0.3) is 0 Å². The summed E-state index contributed by atoms with van der Waals surface area (Å²) in [6.45, 7) is 0.385. The zero-order chi connectivity index (χ0) is 21.8. The van der Waals surface area contributed by atoms with Crippen molar-refractivity contribution in [3.63, 3.8) is 0 Å². The second-order valence-electron chi connectivity index (χ2n) is 6.65. The van der Waals surface area contributed by atoms with Crippen molar-refractivity contribution in [2.45, 2.75) is 16.5 Å². The first kappa shape index (κ1) is 21.1. The van der Waals surface area contributed by atoms with E-state index in [9.17, 15) is 8.42 Å². The van der Waals surface area contributed by atoms with E-state index < -0.39 is 9.84 Å². The molecule has 0 saturated heterocycles. The summed E-state index contributed by atoms with van der Waals surface area (Å²) < 4.78 is 38.5. The van der Waals surface area contributed by atoms with Gasteiger partial charge in [0, 0.05) is 11.0 Å². The molecule has 4 rings (SSSR count). The number of nitrogens with one attached hydrogen (secondary N) is 1. The van der Waals surface area contributed by atoms with Gasteiger partial charge in [-0.25, -0.2) is 8.42 Å². The fourth-order valence-electron chi connectivity index (χ4n) is 2.99. The molecule has 0 bridgehead atoms. The minimum atomic E-state index is -3.94. The van der Waals surface area contributed by atoms with Gasteiger partial charge in [-0.2, -0.15) is 4.98 Å². The van der Waals surface area contributed by atoms with Gasteiger partial charge in [0.1, 0.15) is 5.75 Å². The Hall–Kier alpha value is -3.10. The van der Waals surface area contributed by atoms with Crippen LogP contribution in [0.5, 0.6) is 5.75 Å². The van der Waals surface area contributed by atoms with E-state index in [2.05, 4.69) is 26.2 Å². The van der Waals surface area contributed by atoms with Crippen molar-refractivity contribution < 1.29 is 17.6 Å². The Morgan fingerprint density at radius 2 is 1.65 bits per heavy atom. The second-order valence-corrected chi connectivity index (χ2v) is 9.37. The van der Waals surface area contributed by atoms with Crippen molar-refractivity contribution in [1.82, 2.24) is 4.98 Å². The predicted molar refractivity (Wildman–Crippen MR) is 122 cm³/mol. The monoisotopic (exact) mass is 498 g/mol. The predicted octanol–water partition coefficient (Wildman–Crippen LogP) is 5.56. The molecule has 0 aliphatic heterocycles. The molecule has 0 aliphatic rings. The van der Waals surface area contributed by atoms with Crippen LogP contribution < -0.4 is 10.1 Å². The summed E-state index contributed by atoms with van der Waals surface area (Å²) >= 11 is 3.47. The molecule has 31 heavy (non-hydrogen) atoms. The molecule has 4 aromatic rings. The maximum Gasteiger partial charge on any atom is 0.234 e. The Morgan fingerprint density at radius 1 is 0.968 bits per heavy atom. The molecular formula is C23H19BrN2O4S. The van der Waals surface area contributed by atoms with Gasteiger partial charge in [0.2, 0.25) is 26.6 Å². The first-order valence-electron chi connectivity index (χ1n) is 9.41. The lowest BCUT2D eigenvalue weighted by Gasteiger charge is -2.07. The van der Waals surface area contributed by atoms with Crippen molar-refractivity contribution in [3.05, 3.63) is 88.9 Å². The molecule has 0 atom stereocenters.